The van der Waals surface area contributed by atoms with E-state index in [2.05, 4.69) is 31.4 Å². The van der Waals surface area contributed by atoms with Gasteiger partial charge in [0, 0.05) is 10.7 Å². The van der Waals surface area contributed by atoms with Crippen molar-refractivity contribution in [1.29, 1.82) is 0 Å². The van der Waals surface area contributed by atoms with E-state index in [1.54, 1.807) is 19.1 Å². The molecule has 1 aromatic heterocycles. The van der Waals surface area contributed by atoms with Gasteiger partial charge >= 0.3 is 0 Å². The molecule has 0 radical (unpaired) electrons. The highest BCUT2D eigenvalue weighted by molar-refractivity contribution is 9.10. The summed E-state index contributed by atoms with van der Waals surface area (Å²) in [5.74, 6) is -0.422. The lowest BCUT2D eigenvalue weighted by molar-refractivity contribution is 0.0920. The Morgan fingerprint density at radius 2 is 2.33 bits per heavy atom. The Balaban J connectivity index is 2.89. The molecular weight excluding hydrogens is 300 g/mol. The highest BCUT2D eigenvalue weighted by Crippen LogP contribution is 2.12. The molecule has 0 bridgehead atoms. The number of carbonyl (C=O) groups is 1. The number of nitrogens with one attached hydrogen (secondary N) is 1. The van der Waals surface area contributed by atoms with E-state index in [9.17, 15) is 4.79 Å². The first kappa shape index (κ1) is 14.4. The van der Waals surface area contributed by atoms with Crippen molar-refractivity contribution in [1.82, 2.24) is 10.3 Å². The molecule has 1 aromatic rings. The molecule has 0 aliphatic rings. The maximum Gasteiger partial charge on any atom is 0.270 e. The van der Waals surface area contributed by atoms with E-state index in [0.717, 1.165) is 4.47 Å². The van der Waals surface area contributed by atoms with Gasteiger partial charge in [0.15, 0.2) is 5.84 Å². The molecule has 0 saturated heterocycles. The Labute approximate surface area is 113 Å². The van der Waals surface area contributed by atoms with Crippen molar-refractivity contribution in [3.05, 3.63) is 28.5 Å². The summed E-state index contributed by atoms with van der Waals surface area (Å²) in [6.45, 7) is 3.51. The van der Waals surface area contributed by atoms with Gasteiger partial charge in [-0.15, -0.1) is 0 Å². The van der Waals surface area contributed by atoms with Gasteiger partial charge in [-0.05, 0) is 41.4 Å². The molecule has 1 rings (SSSR count). The molecule has 1 amide bonds. The lowest BCUT2D eigenvalue weighted by Crippen LogP contribution is -2.55. The van der Waals surface area contributed by atoms with Crippen LogP contribution in [0.1, 0.15) is 30.8 Å². The molecule has 1 atom stereocenters. The summed E-state index contributed by atoms with van der Waals surface area (Å²) in [5.41, 5.74) is 4.93. The van der Waals surface area contributed by atoms with Crippen LogP contribution in [0.5, 0.6) is 0 Å². The van der Waals surface area contributed by atoms with Crippen LogP contribution in [0.15, 0.2) is 28.0 Å². The van der Waals surface area contributed by atoms with Gasteiger partial charge in [0.2, 0.25) is 0 Å². The van der Waals surface area contributed by atoms with Crippen molar-refractivity contribution in [3.63, 3.8) is 0 Å². The number of rotatable bonds is 4. The van der Waals surface area contributed by atoms with E-state index < -0.39 is 5.54 Å². The summed E-state index contributed by atoms with van der Waals surface area (Å²) in [5, 5.41) is 14.4. The van der Waals surface area contributed by atoms with Crippen molar-refractivity contribution < 1.29 is 10.0 Å². The molecule has 0 aromatic carbocycles. The molecule has 1 heterocycles. The van der Waals surface area contributed by atoms with E-state index in [1.807, 2.05) is 6.92 Å². The first-order chi connectivity index (χ1) is 8.42. The Kier molecular flexibility index (Phi) is 4.66. The average Bonchev–Trinajstić information content (AvgIpc) is 2.38. The number of pyridine rings is 1. The Morgan fingerprint density at radius 1 is 1.67 bits per heavy atom. The largest absolute Gasteiger partial charge is 0.409 e. The maximum absolute atomic E-state index is 12.0. The van der Waals surface area contributed by atoms with Gasteiger partial charge in [-0.2, -0.15) is 0 Å². The van der Waals surface area contributed by atoms with Crippen LogP contribution >= 0.6 is 15.9 Å². The molecule has 0 aliphatic heterocycles. The second-order valence-corrected chi connectivity index (χ2v) is 4.90. The number of nitrogens with two attached hydrogens (primary N) is 1. The number of aromatic nitrogens is 1. The summed E-state index contributed by atoms with van der Waals surface area (Å²) >= 11 is 3.24. The quantitative estimate of drug-likeness (QED) is 0.339. The summed E-state index contributed by atoms with van der Waals surface area (Å²) in [7, 11) is 0. The number of nitrogens with zero attached hydrogens (tertiary/aromatic N) is 2. The van der Waals surface area contributed by atoms with Crippen LogP contribution in [0.4, 0.5) is 0 Å². The van der Waals surface area contributed by atoms with Crippen molar-refractivity contribution in [3.8, 4) is 0 Å². The third kappa shape index (κ3) is 3.19. The highest BCUT2D eigenvalue weighted by Gasteiger charge is 2.30. The van der Waals surface area contributed by atoms with Gasteiger partial charge < -0.3 is 16.3 Å². The number of amides is 1. The van der Waals surface area contributed by atoms with Crippen molar-refractivity contribution in [2.45, 2.75) is 25.8 Å². The summed E-state index contributed by atoms with van der Waals surface area (Å²) in [6, 6.07) is 3.30. The van der Waals surface area contributed by atoms with Gasteiger partial charge in [-0.25, -0.2) is 4.98 Å². The fraction of sp³-hybridized carbons (Fsp3) is 0.364. The monoisotopic (exact) mass is 314 g/mol. The van der Waals surface area contributed by atoms with Gasteiger partial charge in [0.05, 0.1) is 5.54 Å². The molecule has 98 valence electrons. The minimum atomic E-state index is -0.902. The number of halogens is 1. The average molecular weight is 315 g/mol. The normalized spacial score (nSPS) is 14.9. The molecule has 7 heteroatoms. The summed E-state index contributed by atoms with van der Waals surface area (Å²) in [4.78, 5) is 15.9. The Morgan fingerprint density at radius 3 is 2.78 bits per heavy atom. The zero-order valence-corrected chi connectivity index (χ0v) is 11.7. The maximum atomic E-state index is 12.0. The predicted molar refractivity (Wildman–Crippen MR) is 71.5 cm³/mol. The molecule has 0 fully saturated rings. The van der Waals surface area contributed by atoms with E-state index in [-0.39, 0.29) is 17.4 Å². The van der Waals surface area contributed by atoms with E-state index in [1.165, 1.54) is 6.20 Å². The van der Waals surface area contributed by atoms with Crippen LogP contribution in [0.2, 0.25) is 0 Å². The number of hydrogen-bond donors (Lipinski definition) is 3. The van der Waals surface area contributed by atoms with Crippen molar-refractivity contribution >= 4 is 27.7 Å². The predicted octanol–water partition coefficient (Wildman–Crippen LogP) is 1.49. The first-order valence-corrected chi connectivity index (χ1v) is 6.14. The molecule has 0 spiro atoms. The third-order valence-electron chi connectivity index (χ3n) is 2.73. The number of amidine groups is 1. The lowest BCUT2D eigenvalue weighted by atomic mass is 9.97. The second kappa shape index (κ2) is 5.81. The fourth-order valence-corrected chi connectivity index (χ4v) is 1.50. The highest BCUT2D eigenvalue weighted by atomic mass is 79.9. The Hall–Kier alpha value is -1.63. The van der Waals surface area contributed by atoms with Crippen LogP contribution in [-0.2, 0) is 0 Å². The number of carbonyl (C=O) groups excluding carboxylic acids is 1. The minimum Gasteiger partial charge on any atom is -0.409 e. The Bertz CT molecular complexity index is 461. The van der Waals surface area contributed by atoms with E-state index >= 15 is 0 Å². The lowest BCUT2D eigenvalue weighted by Gasteiger charge is -2.27. The van der Waals surface area contributed by atoms with Crippen LogP contribution in [0, 0.1) is 0 Å². The minimum absolute atomic E-state index is 0.0459. The zero-order chi connectivity index (χ0) is 13.8. The zero-order valence-electron chi connectivity index (χ0n) is 10.1. The van der Waals surface area contributed by atoms with Crippen LogP contribution in [0.25, 0.3) is 0 Å². The molecular formula is C11H15BrN4O2. The van der Waals surface area contributed by atoms with E-state index in [0.29, 0.717) is 6.42 Å². The standard InChI is InChI=1S/C11H15BrN4O2/c1-3-11(2,10(13)16-18)15-9(17)8-5-4-7(12)6-14-8/h4-6,18H,3H2,1-2H3,(H2,13,16)(H,15,17). The summed E-state index contributed by atoms with van der Waals surface area (Å²) in [6.07, 6.45) is 2.02. The van der Waals surface area contributed by atoms with Crippen LogP contribution in [0.3, 0.4) is 0 Å². The van der Waals surface area contributed by atoms with Crippen molar-refractivity contribution in [2.24, 2.45) is 10.9 Å². The molecule has 4 N–H and O–H groups in total. The van der Waals surface area contributed by atoms with Gasteiger partial charge in [0.25, 0.3) is 5.91 Å². The van der Waals surface area contributed by atoms with Crippen LogP contribution < -0.4 is 11.1 Å². The van der Waals surface area contributed by atoms with Crippen LogP contribution in [-0.4, -0.2) is 27.5 Å². The molecule has 0 saturated carbocycles. The van der Waals surface area contributed by atoms with Crippen molar-refractivity contribution in [2.75, 3.05) is 0 Å². The molecule has 6 nitrogen and oxygen atoms in total. The summed E-state index contributed by atoms with van der Waals surface area (Å²) < 4.78 is 0.786. The molecule has 0 aliphatic carbocycles. The first-order valence-electron chi connectivity index (χ1n) is 5.35. The van der Waals surface area contributed by atoms with E-state index in [4.69, 9.17) is 10.9 Å². The second-order valence-electron chi connectivity index (χ2n) is 3.99. The van der Waals surface area contributed by atoms with Gasteiger partial charge in [-0.3, -0.25) is 4.79 Å². The fourth-order valence-electron chi connectivity index (χ4n) is 1.27. The number of hydrogen-bond acceptors (Lipinski definition) is 4. The molecule has 1 unspecified atom stereocenters. The topological polar surface area (TPSA) is 101 Å². The number of oxime groups is 1. The SMILES string of the molecule is CCC(C)(NC(=O)c1ccc(Br)cn1)C(N)=NO. The smallest absolute Gasteiger partial charge is 0.270 e. The van der Waals surface area contributed by atoms with Gasteiger partial charge in [-0.1, -0.05) is 12.1 Å². The molecule has 18 heavy (non-hydrogen) atoms. The van der Waals surface area contributed by atoms with Gasteiger partial charge in [0.1, 0.15) is 5.69 Å². The third-order valence-corrected chi connectivity index (χ3v) is 3.20.